The van der Waals surface area contributed by atoms with E-state index in [4.69, 9.17) is 23.2 Å². The van der Waals surface area contributed by atoms with Crippen molar-refractivity contribution >= 4 is 34.4 Å². The molecule has 1 N–H and O–H groups in total. The van der Waals surface area contributed by atoms with E-state index in [0.29, 0.717) is 10.7 Å². The van der Waals surface area contributed by atoms with Crippen LogP contribution in [0.5, 0.6) is 0 Å². The Labute approximate surface area is 120 Å². The molecule has 3 aromatic rings. The number of pyridine rings is 1. The molecule has 0 aliphatic heterocycles. The third-order valence-electron chi connectivity index (χ3n) is 3.05. The van der Waals surface area contributed by atoms with Gasteiger partial charge in [-0.3, -0.25) is 0 Å². The van der Waals surface area contributed by atoms with Crippen molar-refractivity contribution in [3.8, 4) is 0 Å². The highest BCUT2D eigenvalue weighted by atomic mass is 35.5. The number of halogens is 2. The second-order valence-electron chi connectivity index (χ2n) is 4.42. The predicted molar refractivity (Wildman–Crippen MR) is 77.9 cm³/mol. The largest absolute Gasteiger partial charge is 0.340 e. The van der Waals surface area contributed by atoms with Crippen molar-refractivity contribution in [1.82, 2.24) is 15.0 Å². The van der Waals surface area contributed by atoms with E-state index >= 15 is 0 Å². The number of aryl methyl sites for hydroxylation is 1. The molecule has 0 radical (unpaired) electrons. The first-order chi connectivity index (χ1) is 9.13. The Morgan fingerprint density at radius 3 is 2.74 bits per heavy atom. The second-order valence-corrected chi connectivity index (χ2v) is 5.18. The topological polar surface area (TPSA) is 41.6 Å². The monoisotopic (exact) mass is 291 g/mol. The Hall–Kier alpha value is -1.58. The van der Waals surface area contributed by atoms with E-state index < -0.39 is 0 Å². The number of hydrogen-bond donors (Lipinski definition) is 1. The van der Waals surface area contributed by atoms with Crippen LogP contribution in [-0.2, 0) is 6.42 Å². The lowest BCUT2D eigenvalue weighted by Gasteiger charge is -2.02. The van der Waals surface area contributed by atoms with Crippen molar-refractivity contribution in [2.45, 2.75) is 13.3 Å². The highest BCUT2D eigenvalue weighted by Crippen LogP contribution is 2.24. The summed E-state index contributed by atoms with van der Waals surface area (Å²) in [7, 11) is 0. The van der Waals surface area contributed by atoms with Gasteiger partial charge in [-0.25, -0.2) is 9.97 Å². The molecule has 0 aliphatic carbocycles. The number of nitrogens with one attached hydrogen (secondary N) is 1. The van der Waals surface area contributed by atoms with E-state index in [0.717, 1.165) is 17.8 Å². The molecule has 1 aromatic carbocycles. The standard InChI is InChI=1S/C14H11Cl2N3/c1-8-4-2-3-5-9(8)6-12-17-11-7-10(15)13(16)19-14(11)18-12/h2-5,7H,6H2,1H3,(H,17,18,19). The van der Waals surface area contributed by atoms with E-state index in [-0.39, 0.29) is 5.15 Å². The molecular formula is C14H11Cl2N3. The maximum absolute atomic E-state index is 5.94. The summed E-state index contributed by atoms with van der Waals surface area (Å²) in [6.07, 6.45) is 0.734. The second kappa shape index (κ2) is 4.83. The Balaban J connectivity index is 2.00. The molecule has 19 heavy (non-hydrogen) atoms. The molecule has 0 aliphatic rings. The van der Waals surface area contributed by atoms with Crippen molar-refractivity contribution in [2.24, 2.45) is 0 Å². The fourth-order valence-corrected chi connectivity index (χ4v) is 2.30. The first-order valence-electron chi connectivity index (χ1n) is 5.88. The first-order valence-corrected chi connectivity index (χ1v) is 6.64. The van der Waals surface area contributed by atoms with Crippen molar-refractivity contribution in [3.63, 3.8) is 0 Å². The molecule has 3 rings (SSSR count). The number of fused-ring (bicyclic) bond motifs is 1. The summed E-state index contributed by atoms with van der Waals surface area (Å²) in [5, 5.41) is 0.711. The van der Waals surface area contributed by atoms with Gasteiger partial charge in [0.1, 0.15) is 11.0 Å². The SMILES string of the molecule is Cc1ccccc1Cc1nc2nc(Cl)c(Cl)cc2[nH]1. The number of benzene rings is 1. The number of H-pyrrole nitrogens is 1. The zero-order chi connectivity index (χ0) is 13.4. The van der Waals surface area contributed by atoms with E-state index in [2.05, 4.69) is 34.0 Å². The van der Waals surface area contributed by atoms with Crippen LogP contribution in [0.4, 0.5) is 0 Å². The maximum atomic E-state index is 5.94. The summed E-state index contributed by atoms with van der Waals surface area (Å²) in [6, 6.07) is 9.98. The summed E-state index contributed by atoms with van der Waals surface area (Å²) < 4.78 is 0. The molecule has 96 valence electrons. The smallest absolute Gasteiger partial charge is 0.179 e. The lowest BCUT2D eigenvalue weighted by Crippen LogP contribution is -1.93. The molecule has 2 aromatic heterocycles. The van der Waals surface area contributed by atoms with Gasteiger partial charge in [0.25, 0.3) is 0 Å². The van der Waals surface area contributed by atoms with Crippen LogP contribution >= 0.6 is 23.2 Å². The van der Waals surface area contributed by atoms with Gasteiger partial charge in [0, 0.05) is 6.42 Å². The van der Waals surface area contributed by atoms with E-state index in [1.165, 1.54) is 11.1 Å². The lowest BCUT2D eigenvalue weighted by atomic mass is 10.1. The third-order valence-corrected chi connectivity index (χ3v) is 3.73. The van der Waals surface area contributed by atoms with Crippen LogP contribution in [0, 0.1) is 6.92 Å². The van der Waals surface area contributed by atoms with Gasteiger partial charge in [0.2, 0.25) is 0 Å². The third kappa shape index (κ3) is 2.44. The Bertz CT molecular complexity index is 711. The molecule has 0 fully saturated rings. The van der Waals surface area contributed by atoms with Gasteiger partial charge in [-0.15, -0.1) is 0 Å². The molecule has 3 nitrogen and oxygen atoms in total. The normalized spacial score (nSPS) is 11.1. The van der Waals surface area contributed by atoms with Crippen molar-refractivity contribution in [3.05, 3.63) is 57.5 Å². The van der Waals surface area contributed by atoms with Crippen molar-refractivity contribution in [1.29, 1.82) is 0 Å². The molecule has 0 bridgehead atoms. The Morgan fingerprint density at radius 2 is 1.95 bits per heavy atom. The zero-order valence-corrected chi connectivity index (χ0v) is 11.8. The molecule has 5 heteroatoms. The van der Waals surface area contributed by atoms with Crippen LogP contribution < -0.4 is 0 Å². The van der Waals surface area contributed by atoms with Crippen LogP contribution in [0.3, 0.4) is 0 Å². The fourth-order valence-electron chi connectivity index (χ4n) is 2.02. The van der Waals surface area contributed by atoms with E-state index in [1.54, 1.807) is 6.07 Å². The summed E-state index contributed by atoms with van der Waals surface area (Å²) in [5.74, 6) is 0.857. The first kappa shape index (κ1) is 12.5. The summed E-state index contributed by atoms with van der Waals surface area (Å²) in [5.41, 5.74) is 3.88. The molecule has 0 atom stereocenters. The Morgan fingerprint density at radius 1 is 1.16 bits per heavy atom. The van der Waals surface area contributed by atoms with Gasteiger partial charge >= 0.3 is 0 Å². The van der Waals surface area contributed by atoms with Gasteiger partial charge in [-0.1, -0.05) is 47.5 Å². The zero-order valence-electron chi connectivity index (χ0n) is 10.2. The number of nitrogens with zero attached hydrogens (tertiary/aromatic N) is 2. The number of aromatic amines is 1. The molecule has 2 heterocycles. The average Bonchev–Trinajstić information content (AvgIpc) is 2.74. The average molecular weight is 292 g/mol. The Kier molecular flexibility index (Phi) is 3.17. The molecule has 0 unspecified atom stereocenters. The van der Waals surface area contributed by atoms with Gasteiger partial charge in [-0.2, -0.15) is 0 Å². The van der Waals surface area contributed by atoms with Crippen LogP contribution in [0.1, 0.15) is 17.0 Å². The fraction of sp³-hybridized carbons (Fsp3) is 0.143. The highest BCUT2D eigenvalue weighted by molar-refractivity contribution is 6.41. The molecule has 0 spiro atoms. The van der Waals surface area contributed by atoms with Crippen LogP contribution in [0.2, 0.25) is 10.2 Å². The molecule has 0 saturated carbocycles. The number of aromatic nitrogens is 3. The van der Waals surface area contributed by atoms with Gasteiger partial charge in [-0.05, 0) is 24.1 Å². The van der Waals surface area contributed by atoms with E-state index in [9.17, 15) is 0 Å². The molecule has 0 saturated heterocycles. The summed E-state index contributed by atoms with van der Waals surface area (Å²) >= 11 is 11.8. The van der Waals surface area contributed by atoms with Crippen molar-refractivity contribution in [2.75, 3.05) is 0 Å². The van der Waals surface area contributed by atoms with Crippen molar-refractivity contribution < 1.29 is 0 Å². The minimum absolute atomic E-state index is 0.281. The van der Waals surface area contributed by atoms with E-state index in [1.807, 2.05) is 12.1 Å². The van der Waals surface area contributed by atoms with Gasteiger partial charge in [0.15, 0.2) is 5.65 Å². The highest BCUT2D eigenvalue weighted by Gasteiger charge is 2.09. The number of hydrogen-bond acceptors (Lipinski definition) is 2. The molecular weight excluding hydrogens is 281 g/mol. The quantitative estimate of drug-likeness (QED) is 0.720. The number of rotatable bonds is 2. The van der Waals surface area contributed by atoms with Gasteiger partial charge < -0.3 is 4.98 Å². The maximum Gasteiger partial charge on any atom is 0.179 e. The summed E-state index contributed by atoms with van der Waals surface area (Å²) in [4.78, 5) is 11.8. The minimum Gasteiger partial charge on any atom is -0.340 e. The lowest BCUT2D eigenvalue weighted by molar-refractivity contribution is 1.02. The predicted octanol–water partition coefficient (Wildman–Crippen LogP) is 4.16. The minimum atomic E-state index is 0.281. The van der Waals surface area contributed by atoms with Crippen LogP contribution in [0.15, 0.2) is 30.3 Å². The van der Waals surface area contributed by atoms with Crippen LogP contribution in [0.25, 0.3) is 11.2 Å². The number of imidazole rings is 1. The van der Waals surface area contributed by atoms with Gasteiger partial charge in [0.05, 0.1) is 10.5 Å². The summed E-state index contributed by atoms with van der Waals surface area (Å²) in [6.45, 7) is 2.09. The molecule has 0 amide bonds. The van der Waals surface area contributed by atoms with Crippen LogP contribution in [-0.4, -0.2) is 15.0 Å².